The molecule has 0 radical (unpaired) electrons. The van der Waals surface area contributed by atoms with Crippen molar-refractivity contribution in [3.63, 3.8) is 0 Å². The number of hydrogen-bond acceptors (Lipinski definition) is 3. The second-order valence-electron chi connectivity index (χ2n) is 7.82. The number of amides is 1. The van der Waals surface area contributed by atoms with Crippen molar-refractivity contribution < 1.29 is 18.7 Å². The van der Waals surface area contributed by atoms with Crippen LogP contribution in [0, 0.1) is 5.92 Å². The Kier molecular flexibility index (Phi) is 5.36. The Balaban J connectivity index is 1.92. The van der Waals surface area contributed by atoms with Gasteiger partial charge in [0.25, 0.3) is 5.91 Å². The normalized spacial score (nSPS) is 25.7. The van der Waals surface area contributed by atoms with Gasteiger partial charge in [0, 0.05) is 18.6 Å². The summed E-state index contributed by atoms with van der Waals surface area (Å²) in [4.78, 5) is 14.2. The van der Waals surface area contributed by atoms with E-state index in [1.807, 2.05) is 13.8 Å². The zero-order valence-electron chi connectivity index (χ0n) is 14.5. The van der Waals surface area contributed by atoms with Gasteiger partial charge in [0.1, 0.15) is 5.60 Å². The lowest BCUT2D eigenvalue weighted by Gasteiger charge is -2.45. The molecule has 1 unspecified atom stereocenters. The van der Waals surface area contributed by atoms with Gasteiger partial charge in [-0.2, -0.15) is 8.78 Å². The number of alkyl halides is 2. The van der Waals surface area contributed by atoms with Crippen molar-refractivity contribution in [1.29, 1.82) is 0 Å². The van der Waals surface area contributed by atoms with Gasteiger partial charge >= 0.3 is 5.92 Å². The maximum Gasteiger partial charge on any atom is 0.352 e. The molecular formula is C17H30F2N2O2. The number of rotatable bonds is 6. The summed E-state index contributed by atoms with van der Waals surface area (Å²) in [6.45, 7) is 8.15. The average molecular weight is 332 g/mol. The zero-order chi connectivity index (χ0) is 17.3. The molecule has 1 aliphatic carbocycles. The molecule has 2 rings (SSSR count). The highest BCUT2D eigenvalue weighted by molar-refractivity contribution is 5.85. The standard InChI is InChI=1S/C17H30F2N2O2/c1-4-13-7-5-10-21(11-13)15(2,3)12-20-14(22)17(18,19)16(23)8-6-9-16/h13,23H,4-12H2,1-3H3,(H,20,22). The summed E-state index contributed by atoms with van der Waals surface area (Å²) in [6.07, 6.45) is 3.94. The molecule has 2 aliphatic rings. The van der Waals surface area contributed by atoms with E-state index in [2.05, 4.69) is 17.1 Å². The smallest absolute Gasteiger partial charge is 0.352 e. The first-order valence-corrected chi connectivity index (χ1v) is 8.76. The van der Waals surface area contributed by atoms with Crippen molar-refractivity contribution in [3.8, 4) is 0 Å². The summed E-state index contributed by atoms with van der Waals surface area (Å²) in [5, 5.41) is 12.2. The fourth-order valence-electron chi connectivity index (χ4n) is 3.50. The summed E-state index contributed by atoms with van der Waals surface area (Å²) in [5.41, 5.74) is -2.53. The number of halogens is 2. The molecule has 1 heterocycles. The van der Waals surface area contributed by atoms with Gasteiger partial charge in [-0.15, -0.1) is 0 Å². The van der Waals surface area contributed by atoms with Crippen LogP contribution in [0.4, 0.5) is 8.78 Å². The molecule has 2 fully saturated rings. The van der Waals surface area contributed by atoms with Gasteiger partial charge in [0.05, 0.1) is 0 Å². The Morgan fingerprint density at radius 3 is 2.52 bits per heavy atom. The molecule has 0 aromatic carbocycles. The van der Waals surface area contributed by atoms with Gasteiger partial charge in [-0.05, 0) is 58.4 Å². The molecule has 0 aromatic heterocycles. The van der Waals surface area contributed by atoms with E-state index in [4.69, 9.17) is 0 Å². The highest BCUT2D eigenvalue weighted by Gasteiger charge is 2.61. The molecule has 6 heteroatoms. The minimum absolute atomic E-state index is 0.0128. The Hall–Kier alpha value is -0.750. The van der Waals surface area contributed by atoms with Gasteiger partial charge in [0.2, 0.25) is 0 Å². The Labute approximate surface area is 137 Å². The van der Waals surface area contributed by atoms with Crippen LogP contribution in [-0.4, -0.2) is 52.6 Å². The first-order chi connectivity index (χ1) is 10.6. The minimum Gasteiger partial charge on any atom is -0.383 e. The van der Waals surface area contributed by atoms with E-state index in [9.17, 15) is 18.7 Å². The molecule has 0 spiro atoms. The lowest BCUT2D eigenvalue weighted by Crippen LogP contribution is -2.63. The van der Waals surface area contributed by atoms with Crippen LogP contribution in [0.15, 0.2) is 0 Å². The highest BCUT2D eigenvalue weighted by atomic mass is 19.3. The van der Waals surface area contributed by atoms with E-state index >= 15 is 0 Å². The van der Waals surface area contributed by atoms with Crippen molar-refractivity contribution in [1.82, 2.24) is 10.2 Å². The molecule has 1 saturated carbocycles. The Morgan fingerprint density at radius 2 is 2.00 bits per heavy atom. The number of hydrogen-bond donors (Lipinski definition) is 2. The van der Waals surface area contributed by atoms with Gasteiger partial charge in [-0.3, -0.25) is 9.69 Å². The third-order valence-corrected chi connectivity index (χ3v) is 5.68. The molecule has 2 N–H and O–H groups in total. The summed E-state index contributed by atoms with van der Waals surface area (Å²) in [7, 11) is 0. The van der Waals surface area contributed by atoms with Crippen LogP contribution in [0.5, 0.6) is 0 Å². The van der Waals surface area contributed by atoms with Crippen LogP contribution in [0.2, 0.25) is 0 Å². The molecule has 1 amide bonds. The number of nitrogens with zero attached hydrogens (tertiary/aromatic N) is 1. The van der Waals surface area contributed by atoms with E-state index in [1.165, 1.54) is 6.42 Å². The second kappa shape index (κ2) is 6.63. The van der Waals surface area contributed by atoms with E-state index < -0.39 is 17.4 Å². The quantitative estimate of drug-likeness (QED) is 0.786. The van der Waals surface area contributed by atoms with Gasteiger partial charge in [-0.1, -0.05) is 13.3 Å². The van der Waals surface area contributed by atoms with Gasteiger partial charge in [-0.25, -0.2) is 0 Å². The van der Waals surface area contributed by atoms with Crippen molar-refractivity contribution >= 4 is 5.91 Å². The molecular weight excluding hydrogens is 302 g/mol. The van der Waals surface area contributed by atoms with E-state index in [0.717, 1.165) is 25.9 Å². The van der Waals surface area contributed by atoms with Crippen molar-refractivity contribution in [3.05, 3.63) is 0 Å². The number of carbonyl (C=O) groups is 1. The summed E-state index contributed by atoms with van der Waals surface area (Å²) >= 11 is 0. The molecule has 1 atom stereocenters. The topological polar surface area (TPSA) is 52.6 Å². The van der Waals surface area contributed by atoms with Crippen molar-refractivity contribution in [2.45, 2.75) is 76.4 Å². The molecule has 0 aromatic rings. The lowest BCUT2D eigenvalue weighted by molar-refractivity contribution is -0.216. The van der Waals surface area contributed by atoms with Crippen LogP contribution in [0.25, 0.3) is 0 Å². The average Bonchev–Trinajstić information content (AvgIpc) is 2.50. The second-order valence-corrected chi connectivity index (χ2v) is 7.82. The van der Waals surface area contributed by atoms with E-state index in [-0.39, 0.29) is 24.9 Å². The molecule has 0 bridgehead atoms. The maximum absolute atomic E-state index is 14.1. The molecule has 4 nitrogen and oxygen atoms in total. The van der Waals surface area contributed by atoms with E-state index in [1.54, 1.807) is 0 Å². The number of likely N-dealkylation sites (tertiary alicyclic amines) is 1. The van der Waals surface area contributed by atoms with Crippen LogP contribution < -0.4 is 5.32 Å². The summed E-state index contributed by atoms with van der Waals surface area (Å²) < 4.78 is 28.2. The predicted octanol–water partition coefficient (Wildman–Crippen LogP) is 2.55. The monoisotopic (exact) mass is 332 g/mol. The fourth-order valence-corrected chi connectivity index (χ4v) is 3.50. The largest absolute Gasteiger partial charge is 0.383 e. The van der Waals surface area contributed by atoms with Crippen LogP contribution >= 0.6 is 0 Å². The van der Waals surface area contributed by atoms with Crippen LogP contribution in [0.1, 0.15) is 59.3 Å². The van der Waals surface area contributed by atoms with E-state index in [0.29, 0.717) is 12.3 Å². The third kappa shape index (κ3) is 3.68. The number of carbonyl (C=O) groups excluding carboxylic acids is 1. The fraction of sp³-hybridized carbons (Fsp3) is 0.941. The van der Waals surface area contributed by atoms with Crippen LogP contribution in [-0.2, 0) is 4.79 Å². The molecule has 1 saturated heterocycles. The number of aliphatic hydroxyl groups is 1. The maximum atomic E-state index is 14.1. The number of piperidine rings is 1. The first kappa shape index (κ1) is 18.6. The zero-order valence-corrected chi connectivity index (χ0v) is 14.5. The number of nitrogens with one attached hydrogen (secondary N) is 1. The minimum atomic E-state index is -3.71. The van der Waals surface area contributed by atoms with Crippen LogP contribution in [0.3, 0.4) is 0 Å². The third-order valence-electron chi connectivity index (χ3n) is 5.68. The Bertz CT molecular complexity index is 436. The lowest BCUT2D eigenvalue weighted by atomic mass is 9.75. The highest BCUT2D eigenvalue weighted by Crippen LogP contribution is 2.44. The Morgan fingerprint density at radius 1 is 1.35 bits per heavy atom. The first-order valence-electron chi connectivity index (χ1n) is 8.76. The SMILES string of the molecule is CCC1CCCN(C(C)(C)CNC(=O)C(F)(F)C2(O)CCC2)C1. The molecule has 23 heavy (non-hydrogen) atoms. The molecule has 1 aliphatic heterocycles. The predicted molar refractivity (Wildman–Crippen MR) is 85.4 cm³/mol. The summed E-state index contributed by atoms with van der Waals surface area (Å²) in [5.74, 6) is -4.43. The van der Waals surface area contributed by atoms with Crippen molar-refractivity contribution in [2.24, 2.45) is 5.92 Å². The summed E-state index contributed by atoms with van der Waals surface area (Å²) in [6, 6.07) is 0. The molecule has 134 valence electrons. The van der Waals surface area contributed by atoms with Gasteiger partial charge in [0.15, 0.2) is 0 Å². The van der Waals surface area contributed by atoms with Gasteiger partial charge < -0.3 is 10.4 Å². The van der Waals surface area contributed by atoms with Crippen molar-refractivity contribution in [2.75, 3.05) is 19.6 Å².